The SMILES string of the molecule is CC(=O)NC1=NN(C(C)=O)[C@]2(S1)C(=O)N(Cc1ccc(C)cc1)c1c(C)cccc12. The van der Waals surface area contributed by atoms with Crippen LogP contribution in [0.4, 0.5) is 5.69 Å². The molecule has 1 N–H and O–H groups in total. The molecule has 0 unspecified atom stereocenters. The fourth-order valence-corrected chi connectivity index (χ4v) is 5.20. The van der Waals surface area contributed by atoms with E-state index in [-0.39, 0.29) is 22.9 Å². The van der Waals surface area contributed by atoms with Crippen LogP contribution in [-0.2, 0) is 25.8 Å². The fraction of sp³-hybridized carbons (Fsp3) is 0.273. The zero-order chi connectivity index (χ0) is 21.6. The predicted octanol–water partition coefficient (Wildman–Crippen LogP) is 3.01. The van der Waals surface area contributed by atoms with Gasteiger partial charge in [-0.25, -0.2) is 0 Å². The Kier molecular flexibility index (Phi) is 4.89. The van der Waals surface area contributed by atoms with E-state index < -0.39 is 4.87 Å². The molecule has 0 fully saturated rings. The third kappa shape index (κ3) is 3.08. The number of nitrogens with zero attached hydrogens (tertiary/aromatic N) is 3. The molecule has 30 heavy (non-hydrogen) atoms. The molecule has 1 atom stereocenters. The quantitative estimate of drug-likeness (QED) is 0.807. The second kappa shape index (κ2) is 7.28. The number of hydrogen-bond donors (Lipinski definition) is 1. The number of nitrogens with one attached hydrogen (secondary N) is 1. The van der Waals surface area contributed by atoms with Gasteiger partial charge in [-0.3, -0.25) is 14.4 Å². The van der Waals surface area contributed by atoms with Crippen LogP contribution in [0.1, 0.15) is 36.1 Å². The van der Waals surface area contributed by atoms with E-state index in [9.17, 15) is 14.4 Å². The highest BCUT2D eigenvalue weighted by molar-refractivity contribution is 8.15. The predicted molar refractivity (Wildman–Crippen MR) is 117 cm³/mol. The van der Waals surface area contributed by atoms with Crippen LogP contribution >= 0.6 is 11.8 Å². The van der Waals surface area contributed by atoms with Crippen LogP contribution in [0.5, 0.6) is 0 Å². The summed E-state index contributed by atoms with van der Waals surface area (Å²) in [5.74, 6) is -0.939. The highest BCUT2D eigenvalue weighted by atomic mass is 32.2. The van der Waals surface area contributed by atoms with Gasteiger partial charge in [-0.05, 0) is 36.7 Å². The molecule has 0 radical (unpaired) electrons. The fourth-order valence-electron chi connectivity index (χ4n) is 3.88. The number of carbonyl (C=O) groups is 3. The maximum atomic E-state index is 13.9. The van der Waals surface area contributed by atoms with Crippen LogP contribution in [0.3, 0.4) is 0 Å². The number of aryl methyl sites for hydroxylation is 2. The molecule has 4 rings (SSSR count). The van der Waals surface area contributed by atoms with Gasteiger partial charge < -0.3 is 10.2 Å². The first-order valence-corrected chi connectivity index (χ1v) is 10.4. The van der Waals surface area contributed by atoms with E-state index in [4.69, 9.17) is 0 Å². The van der Waals surface area contributed by atoms with Gasteiger partial charge >= 0.3 is 0 Å². The number of thioether (sulfide) groups is 1. The number of anilines is 1. The van der Waals surface area contributed by atoms with Crippen molar-refractivity contribution in [2.24, 2.45) is 5.10 Å². The number of amides is 3. The number of fused-ring (bicyclic) bond motifs is 2. The Bertz CT molecular complexity index is 1100. The Morgan fingerprint density at radius 1 is 1.10 bits per heavy atom. The van der Waals surface area contributed by atoms with Gasteiger partial charge in [0.1, 0.15) is 0 Å². The highest BCUT2D eigenvalue weighted by Gasteiger charge is 2.61. The summed E-state index contributed by atoms with van der Waals surface area (Å²) in [6, 6.07) is 13.7. The summed E-state index contributed by atoms with van der Waals surface area (Å²) in [6.45, 7) is 7.07. The summed E-state index contributed by atoms with van der Waals surface area (Å²) in [5.41, 5.74) is 4.54. The summed E-state index contributed by atoms with van der Waals surface area (Å²) in [4.78, 5) is 38.3. The monoisotopic (exact) mass is 422 g/mol. The van der Waals surface area contributed by atoms with Crippen molar-refractivity contribution < 1.29 is 14.4 Å². The molecular weight excluding hydrogens is 400 g/mol. The average Bonchev–Trinajstić information content (AvgIpc) is 3.16. The van der Waals surface area contributed by atoms with Crippen LogP contribution in [-0.4, -0.2) is 27.9 Å². The van der Waals surface area contributed by atoms with Crippen molar-refractivity contribution in [2.45, 2.75) is 39.1 Å². The van der Waals surface area contributed by atoms with Crippen LogP contribution in [0.2, 0.25) is 0 Å². The van der Waals surface area contributed by atoms with E-state index in [0.29, 0.717) is 12.1 Å². The van der Waals surface area contributed by atoms with Crippen molar-refractivity contribution in [3.63, 3.8) is 0 Å². The molecule has 2 aromatic rings. The Hall–Kier alpha value is -3.13. The minimum atomic E-state index is -1.37. The Morgan fingerprint density at radius 3 is 2.43 bits per heavy atom. The highest BCUT2D eigenvalue weighted by Crippen LogP contribution is 2.55. The lowest BCUT2D eigenvalue weighted by Crippen LogP contribution is -2.48. The van der Waals surface area contributed by atoms with E-state index in [0.717, 1.165) is 34.1 Å². The summed E-state index contributed by atoms with van der Waals surface area (Å²) in [7, 11) is 0. The molecule has 2 aliphatic heterocycles. The van der Waals surface area contributed by atoms with Crippen LogP contribution in [0.25, 0.3) is 0 Å². The third-order valence-corrected chi connectivity index (χ3v) is 6.42. The molecule has 2 aromatic carbocycles. The van der Waals surface area contributed by atoms with Crippen LogP contribution < -0.4 is 10.2 Å². The molecule has 0 saturated carbocycles. The summed E-state index contributed by atoms with van der Waals surface area (Å²) >= 11 is 1.09. The number of carbonyl (C=O) groups excluding carboxylic acids is 3. The number of rotatable bonds is 2. The average molecular weight is 423 g/mol. The van der Waals surface area contributed by atoms with Crippen LogP contribution in [0, 0.1) is 13.8 Å². The van der Waals surface area contributed by atoms with Gasteiger partial charge in [0.25, 0.3) is 5.91 Å². The second-order valence-electron chi connectivity index (χ2n) is 7.51. The second-order valence-corrected chi connectivity index (χ2v) is 8.69. The molecule has 1 spiro atoms. The minimum absolute atomic E-state index is 0.232. The molecular formula is C22H22N4O3S. The Balaban J connectivity index is 1.83. The Morgan fingerprint density at radius 2 is 1.80 bits per heavy atom. The number of hydrazone groups is 1. The van der Waals surface area contributed by atoms with E-state index >= 15 is 0 Å². The van der Waals surface area contributed by atoms with E-state index in [1.165, 1.54) is 18.9 Å². The third-order valence-electron chi connectivity index (χ3n) is 5.18. The minimum Gasteiger partial charge on any atom is -0.304 e. The normalized spacial score (nSPS) is 19.9. The van der Waals surface area contributed by atoms with Gasteiger partial charge in [0, 0.05) is 19.4 Å². The molecule has 7 nitrogen and oxygen atoms in total. The van der Waals surface area contributed by atoms with E-state index in [1.54, 1.807) is 4.90 Å². The van der Waals surface area contributed by atoms with Crippen molar-refractivity contribution in [1.29, 1.82) is 0 Å². The lowest BCUT2D eigenvalue weighted by molar-refractivity contribution is -0.139. The van der Waals surface area contributed by atoms with Gasteiger partial charge in [0.05, 0.1) is 12.2 Å². The molecule has 0 saturated heterocycles. The maximum absolute atomic E-state index is 13.9. The zero-order valence-corrected chi connectivity index (χ0v) is 18.0. The number of amidine groups is 1. The molecule has 0 aliphatic carbocycles. The number of para-hydroxylation sites is 1. The topological polar surface area (TPSA) is 82.1 Å². The lowest BCUT2D eigenvalue weighted by Gasteiger charge is -2.29. The number of hydrogen-bond acceptors (Lipinski definition) is 5. The first-order chi connectivity index (χ1) is 14.2. The summed E-state index contributed by atoms with van der Waals surface area (Å²) in [5, 5.41) is 8.33. The first-order valence-electron chi connectivity index (χ1n) is 9.57. The standard InChI is InChI=1S/C22H22N4O3S/c1-13-8-10-17(11-9-13)12-25-19-14(2)6-5-7-18(19)22(20(25)29)26(16(4)28)24-21(30-22)23-15(3)27/h5-11H,12H2,1-4H3,(H,23,24,27)/t22-/m1/s1. The molecule has 154 valence electrons. The first kappa shape index (κ1) is 20.2. The lowest BCUT2D eigenvalue weighted by atomic mass is 10.0. The van der Waals surface area contributed by atoms with Gasteiger partial charge in [-0.2, -0.15) is 5.01 Å². The van der Waals surface area contributed by atoms with Crippen molar-refractivity contribution in [1.82, 2.24) is 10.3 Å². The van der Waals surface area contributed by atoms with E-state index in [2.05, 4.69) is 10.4 Å². The van der Waals surface area contributed by atoms with Crippen molar-refractivity contribution in [3.8, 4) is 0 Å². The van der Waals surface area contributed by atoms with Gasteiger partial charge in [-0.1, -0.05) is 48.0 Å². The largest absolute Gasteiger partial charge is 0.304 e. The number of benzene rings is 2. The Labute approximate surface area is 179 Å². The van der Waals surface area contributed by atoms with Gasteiger partial charge in [0.15, 0.2) is 5.17 Å². The van der Waals surface area contributed by atoms with Crippen molar-refractivity contribution in [2.75, 3.05) is 4.90 Å². The van der Waals surface area contributed by atoms with Crippen LogP contribution in [0.15, 0.2) is 47.6 Å². The van der Waals surface area contributed by atoms with Crippen molar-refractivity contribution in [3.05, 3.63) is 64.7 Å². The van der Waals surface area contributed by atoms with Crippen molar-refractivity contribution >= 4 is 40.3 Å². The van der Waals surface area contributed by atoms with E-state index in [1.807, 2.05) is 56.3 Å². The maximum Gasteiger partial charge on any atom is 0.271 e. The molecule has 2 aliphatic rings. The molecule has 8 heteroatoms. The van der Waals surface area contributed by atoms with Gasteiger partial charge in [0.2, 0.25) is 16.7 Å². The molecule has 3 amide bonds. The molecule has 0 bridgehead atoms. The molecule has 0 aromatic heterocycles. The van der Waals surface area contributed by atoms with Gasteiger partial charge in [-0.15, -0.1) is 5.10 Å². The molecule has 2 heterocycles. The zero-order valence-electron chi connectivity index (χ0n) is 17.2. The summed E-state index contributed by atoms with van der Waals surface area (Å²) in [6.07, 6.45) is 0. The summed E-state index contributed by atoms with van der Waals surface area (Å²) < 4.78 is 0. The smallest absolute Gasteiger partial charge is 0.271 e.